The number of hydrogen-bond donors (Lipinski definition) is 0. The van der Waals surface area contributed by atoms with Crippen LogP contribution in [-0.2, 0) is 19.4 Å². The highest BCUT2D eigenvalue weighted by Gasteiger charge is 2.34. The first-order valence-electron chi connectivity index (χ1n) is 44.6. The van der Waals surface area contributed by atoms with E-state index in [1.54, 1.807) is 238 Å². The summed E-state index contributed by atoms with van der Waals surface area (Å²) in [6, 6.07) is 101. The van der Waals surface area contributed by atoms with Crippen molar-refractivity contribution < 1.29 is 100 Å². The molecule has 0 unspecified atom stereocenters. The highest BCUT2D eigenvalue weighted by Crippen LogP contribution is 2.35. The Kier molecular flexibility index (Phi) is 31.1. The molecule has 20 rings (SSSR count). The average molecular weight is 1870 g/mol. The van der Waals surface area contributed by atoms with Gasteiger partial charge in [0.1, 0.15) is 52.6 Å². The van der Waals surface area contributed by atoms with Gasteiger partial charge >= 0.3 is 0 Å². The number of fused-ring (bicyclic) bond motifs is 6. The van der Waals surface area contributed by atoms with Crippen molar-refractivity contribution in [1.82, 2.24) is 4.90 Å². The van der Waals surface area contributed by atoms with Crippen LogP contribution in [0.5, 0.6) is 46.0 Å². The monoisotopic (exact) mass is 1870 g/mol. The number of carbonyl (C=O) groups excluding carboxylic acids is 12. The molecule has 0 heterocycles. The maximum Gasteiger partial charge on any atom is 0.255 e. The zero-order valence-corrected chi connectivity index (χ0v) is 77.2. The number of aryl methyl sites for hydroxylation is 2. The normalized spacial score (nSPS) is 13.4. The molecule has 14 aromatic carbocycles. The lowest BCUT2D eigenvalue weighted by molar-refractivity contribution is -0.428. The van der Waals surface area contributed by atoms with Crippen LogP contribution in [0.15, 0.2) is 417 Å². The summed E-state index contributed by atoms with van der Waals surface area (Å²) in [5, 5.41) is 0. The molecule has 23 nitrogen and oxygen atoms in total. The zero-order valence-electron chi connectivity index (χ0n) is 77.2. The van der Waals surface area contributed by atoms with Crippen LogP contribution in [0, 0.1) is 18.8 Å². The van der Waals surface area contributed by atoms with E-state index in [-0.39, 0.29) is 104 Å². The molecule has 0 saturated heterocycles. The van der Waals surface area contributed by atoms with E-state index in [9.17, 15) is 62.4 Å². The molecule has 23 heteroatoms. The molecule has 0 bridgehead atoms. The zero-order chi connectivity index (χ0) is 99.2. The van der Waals surface area contributed by atoms with Gasteiger partial charge in [0, 0.05) is 138 Å². The summed E-state index contributed by atoms with van der Waals surface area (Å²) < 4.78 is 45.3. The number of ether oxygens (including phenoxy) is 8. The molecular formula is C118H89N2O21+. The molecule has 6 aliphatic carbocycles. The van der Waals surface area contributed by atoms with Gasteiger partial charge in [-0.2, -0.15) is 0 Å². The maximum absolute atomic E-state index is 12.8. The lowest BCUT2D eigenvalue weighted by atomic mass is 9.93. The van der Waals surface area contributed by atoms with E-state index in [1.165, 1.54) is 49.1 Å². The van der Waals surface area contributed by atoms with E-state index < -0.39 is 0 Å². The first-order valence-corrected chi connectivity index (χ1v) is 44.6. The van der Waals surface area contributed by atoms with Gasteiger partial charge in [0.2, 0.25) is 34.7 Å². The Morgan fingerprint density at radius 2 is 0.525 bits per heavy atom. The van der Waals surface area contributed by atoms with Gasteiger partial charge in [0.25, 0.3) is 5.69 Å². The third-order valence-corrected chi connectivity index (χ3v) is 22.5. The van der Waals surface area contributed by atoms with Crippen LogP contribution < -0.4 is 37.9 Å². The molecule has 0 saturated carbocycles. The van der Waals surface area contributed by atoms with Gasteiger partial charge < -0.3 is 42.8 Å². The minimum absolute atomic E-state index is 0.0214. The molecule has 141 heavy (non-hydrogen) atoms. The molecule has 0 aliphatic heterocycles. The average Bonchev–Trinajstić information content (AvgIpc) is 0.784. The Labute approximate surface area is 811 Å². The number of rotatable bonds is 22. The predicted octanol–water partition coefficient (Wildman–Crippen LogP) is 22.1. The van der Waals surface area contributed by atoms with Gasteiger partial charge in [-0.25, -0.2) is 0 Å². The van der Waals surface area contributed by atoms with Crippen molar-refractivity contribution in [3.05, 3.63) is 522 Å². The number of ketones is 12. The Balaban J connectivity index is 0.000000128. The second-order valence-electron chi connectivity index (χ2n) is 32.8. The second-order valence-corrected chi connectivity index (χ2v) is 32.8. The fraction of sp³-hybridized carbons (Fsp3) is 0.0847. The van der Waals surface area contributed by atoms with Gasteiger partial charge in [-0.1, -0.05) is 254 Å². The Morgan fingerprint density at radius 1 is 0.262 bits per heavy atom. The third kappa shape index (κ3) is 24.4. The number of nitrogens with zero attached hydrogens (tertiary/aromatic N) is 2. The molecule has 0 spiro atoms. The van der Waals surface area contributed by atoms with Crippen LogP contribution in [0.2, 0.25) is 0 Å². The van der Waals surface area contributed by atoms with Crippen molar-refractivity contribution >= 4 is 75.1 Å². The summed E-state index contributed by atoms with van der Waals surface area (Å²) in [6.45, 7) is 5.42. The lowest BCUT2D eigenvalue weighted by Gasteiger charge is -2.17. The van der Waals surface area contributed by atoms with Crippen LogP contribution in [0.3, 0.4) is 0 Å². The summed E-state index contributed by atoms with van der Waals surface area (Å²) in [4.78, 5) is 161. The van der Waals surface area contributed by atoms with E-state index in [4.69, 9.17) is 37.9 Å². The van der Waals surface area contributed by atoms with Crippen molar-refractivity contribution in [2.45, 2.75) is 33.3 Å². The summed E-state index contributed by atoms with van der Waals surface area (Å²) in [7, 11) is 7.03. The summed E-state index contributed by atoms with van der Waals surface area (Å²) in [5.41, 5.74) is 11.8. The number of methoxy groups -OCH3 is 1. The van der Waals surface area contributed by atoms with Crippen LogP contribution in [-0.4, -0.2) is 114 Å². The van der Waals surface area contributed by atoms with Crippen LogP contribution in [0.25, 0.3) is 0 Å². The largest absolute Gasteiger partial charge is 0.497 e. The van der Waals surface area contributed by atoms with Crippen molar-refractivity contribution in [3.63, 3.8) is 0 Å². The molecule has 0 fully saturated rings. The number of nitroso groups, excluding NO2 is 1. The van der Waals surface area contributed by atoms with Crippen LogP contribution >= 0.6 is 0 Å². The van der Waals surface area contributed by atoms with E-state index in [1.807, 2.05) is 131 Å². The Hall–Kier alpha value is -18.5. The van der Waals surface area contributed by atoms with Crippen LogP contribution in [0.1, 0.15) is 158 Å². The number of allylic oxidation sites excluding steroid dienone is 12. The first kappa shape index (κ1) is 97.1. The van der Waals surface area contributed by atoms with Gasteiger partial charge in [-0.15, -0.1) is 0 Å². The molecular weight excluding hydrogens is 1780 g/mol. The minimum Gasteiger partial charge on any atom is -0.497 e. The fourth-order valence-corrected chi connectivity index (χ4v) is 15.1. The minimum atomic E-state index is -0.333. The first-order chi connectivity index (χ1) is 68.3. The summed E-state index contributed by atoms with van der Waals surface area (Å²) in [6.07, 6.45) is 9.11. The van der Waals surface area contributed by atoms with E-state index >= 15 is 0 Å². The molecule has 0 amide bonds. The standard InChI is InChI=1S/C24H18O3.C23H16O4.C20H19NO3.C17H12NO4.C17H12O4.C17H12O3/c1-16-11-12-22(18(13-16)14-17-7-3-2-4-8-17)27-23-15-21(25)19-9-5-6-10-20(19)24(23)26;24-21-14-22(23(25)20-9-5-4-8-19(20)21)27-18-12-10-17(11-13-18)26-15-16-6-2-1-3-7-16;1-21(2)12-11-14-7-9-15(10-8-14)24-19-13-18(22)16-5-3-4-6-17(16)20(19)23;1-18(21)11-6-8-12(9-7-11)22-16-10-15(19)13-4-2-3-5-14(13)17(16)20;1-20-11-6-8-12(9-7-11)21-16-10-15(18)13-4-2-3-5-14(13)17(16)19;1-11-6-8-12(9-7-11)20-16-10-15(18)13-4-2-3-5-14(13)17(16)19/h2-13,15H,14H2,1H3;1-14H,15H2;3-10,13H,11-12H2,1-2H3;2-10H,1H3;2-10H,1H3;2-10H,1H3/q;;;+1;;. The second kappa shape index (κ2) is 45.2. The highest BCUT2D eigenvalue weighted by molar-refractivity contribution is 6.28. The molecule has 0 aromatic heterocycles. The SMILES string of the molecule is CN(C)CCc1ccc(OC2=CC(=O)c3ccccc3C2=O)cc1.COc1ccc(OC2=CC(=O)c3ccccc3C2=O)cc1.C[N+](=O)c1ccc(OC2=CC(=O)c3ccccc3C2=O)cc1.Cc1ccc(OC2=CC(=O)c3ccccc3C2=O)c(Cc2ccccc2)c1.Cc1ccc(OC2=CC(=O)c3ccccc3C2=O)cc1.O=C1C=C(Oc2ccc(OCc3ccccc3)cc2)C(=O)c2ccccc21. The van der Waals surface area contributed by atoms with Crippen molar-refractivity contribution in [2.24, 2.45) is 0 Å². The van der Waals surface area contributed by atoms with E-state index in [0.29, 0.717) is 136 Å². The smallest absolute Gasteiger partial charge is 0.255 e. The third-order valence-electron chi connectivity index (χ3n) is 22.5. The number of benzene rings is 14. The van der Waals surface area contributed by atoms with E-state index in [2.05, 4.69) is 17.0 Å². The van der Waals surface area contributed by atoms with Gasteiger partial charge in [-0.3, -0.25) is 57.5 Å². The molecule has 696 valence electrons. The number of likely N-dealkylation sites (N-methyl/N-ethyl adjacent to an activating group) is 1. The molecule has 6 aliphatic rings. The van der Waals surface area contributed by atoms with Crippen LogP contribution in [0.4, 0.5) is 5.69 Å². The molecule has 0 atom stereocenters. The van der Waals surface area contributed by atoms with Gasteiger partial charge in [0.15, 0.2) is 76.3 Å². The van der Waals surface area contributed by atoms with Gasteiger partial charge in [-0.05, 0) is 148 Å². The quantitative estimate of drug-likeness (QED) is 0.0569. The lowest BCUT2D eigenvalue weighted by Crippen LogP contribution is -2.20. The maximum atomic E-state index is 12.8. The van der Waals surface area contributed by atoms with Gasteiger partial charge in [0.05, 0.1) is 7.11 Å². The molecule has 0 N–H and O–H groups in total. The fourth-order valence-electron chi connectivity index (χ4n) is 15.1. The van der Waals surface area contributed by atoms with E-state index in [0.717, 1.165) is 40.8 Å². The predicted molar refractivity (Wildman–Crippen MR) is 529 cm³/mol. The van der Waals surface area contributed by atoms with Crippen molar-refractivity contribution in [2.75, 3.05) is 34.8 Å². The topological polar surface area (TPSA) is 302 Å². The van der Waals surface area contributed by atoms with Crippen molar-refractivity contribution in [1.29, 1.82) is 0 Å². The molecule has 14 aromatic rings. The summed E-state index contributed by atoms with van der Waals surface area (Å²) >= 11 is 0. The summed E-state index contributed by atoms with van der Waals surface area (Å²) in [5.74, 6) is 1.57. The Morgan fingerprint density at radius 3 is 0.837 bits per heavy atom. The van der Waals surface area contributed by atoms with Crippen molar-refractivity contribution in [3.8, 4) is 46.0 Å². The Bertz CT molecular complexity index is 7450. The molecule has 0 radical (unpaired) electrons. The number of carbonyl (C=O) groups is 12. The number of Topliss-reactive ketones (excluding diaryl/α,β-unsaturated/α-hetero) is 6. The highest BCUT2D eigenvalue weighted by atomic mass is 16.5. The number of hydrogen-bond acceptors (Lipinski definition) is 22.